The third-order valence-electron chi connectivity index (χ3n) is 5.64. The normalized spacial score (nSPS) is 21.8. The van der Waals surface area contributed by atoms with Crippen LogP contribution in [-0.4, -0.2) is 5.91 Å². The number of nitrogens with one attached hydrogen (secondary N) is 1. The maximum atomic E-state index is 13.1. The minimum Gasteiger partial charge on any atom is -0.349 e. The lowest BCUT2D eigenvalue weighted by molar-refractivity contribution is -0.130. The summed E-state index contributed by atoms with van der Waals surface area (Å²) in [4.78, 5) is 13.1. The lowest BCUT2D eigenvalue weighted by Crippen LogP contribution is -2.50. The Morgan fingerprint density at radius 3 is 2.43 bits per heavy atom. The van der Waals surface area contributed by atoms with Crippen LogP contribution in [0.4, 0.5) is 0 Å². The van der Waals surface area contributed by atoms with Crippen LogP contribution in [0.5, 0.6) is 0 Å². The summed E-state index contributed by atoms with van der Waals surface area (Å²) in [5, 5.41) is 3.38. The van der Waals surface area contributed by atoms with E-state index in [9.17, 15) is 4.79 Å². The van der Waals surface area contributed by atoms with Crippen LogP contribution < -0.4 is 5.32 Å². The van der Waals surface area contributed by atoms with Gasteiger partial charge in [0.1, 0.15) is 0 Å². The van der Waals surface area contributed by atoms with Crippen LogP contribution in [0.15, 0.2) is 54.6 Å². The van der Waals surface area contributed by atoms with E-state index in [1.54, 1.807) is 0 Å². The molecule has 2 nitrogen and oxygen atoms in total. The van der Waals surface area contributed by atoms with E-state index in [1.807, 2.05) is 18.2 Å². The number of hydrogen-bond donors (Lipinski definition) is 1. The van der Waals surface area contributed by atoms with Crippen molar-refractivity contribution in [3.63, 3.8) is 0 Å². The molecule has 2 aliphatic rings. The standard InChI is InChI=1S/C21H23NO/c23-20(21(14-7-15-21)17-10-2-1-3-11-17)22-19-13-6-9-16-8-4-5-12-18(16)19/h1-5,8,10-12,19H,6-7,9,13-15H2,(H,22,23)/t19-/m1/s1. The van der Waals surface area contributed by atoms with Crippen molar-refractivity contribution in [2.24, 2.45) is 0 Å². The predicted octanol–water partition coefficient (Wildman–Crippen LogP) is 4.30. The first-order chi connectivity index (χ1) is 11.3. The highest BCUT2D eigenvalue weighted by atomic mass is 16.2. The lowest BCUT2D eigenvalue weighted by atomic mass is 9.63. The van der Waals surface area contributed by atoms with Gasteiger partial charge in [-0.15, -0.1) is 0 Å². The molecule has 0 radical (unpaired) electrons. The molecule has 0 heterocycles. The van der Waals surface area contributed by atoms with E-state index >= 15 is 0 Å². The van der Waals surface area contributed by atoms with Crippen LogP contribution in [0, 0.1) is 0 Å². The monoisotopic (exact) mass is 305 g/mol. The first-order valence-corrected chi connectivity index (χ1v) is 8.74. The fourth-order valence-corrected chi connectivity index (χ4v) is 4.13. The summed E-state index contributed by atoms with van der Waals surface area (Å²) in [7, 11) is 0. The van der Waals surface area contributed by atoms with Crippen molar-refractivity contribution in [3.8, 4) is 0 Å². The van der Waals surface area contributed by atoms with Crippen LogP contribution >= 0.6 is 0 Å². The molecule has 1 fully saturated rings. The molecule has 118 valence electrons. The van der Waals surface area contributed by atoms with Gasteiger partial charge in [-0.1, -0.05) is 61.0 Å². The Hall–Kier alpha value is -2.09. The summed E-state index contributed by atoms with van der Waals surface area (Å²) in [5.74, 6) is 0.219. The average molecular weight is 305 g/mol. The average Bonchev–Trinajstić information content (AvgIpc) is 2.55. The van der Waals surface area contributed by atoms with Gasteiger partial charge in [-0.25, -0.2) is 0 Å². The molecule has 1 amide bonds. The fraction of sp³-hybridized carbons (Fsp3) is 0.381. The molecule has 1 saturated carbocycles. The molecular weight excluding hydrogens is 282 g/mol. The summed E-state index contributed by atoms with van der Waals surface area (Å²) in [6.07, 6.45) is 6.41. The number of aryl methyl sites for hydroxylation is 1. The van der Waals surface area contributed by atoms with Crippen molar-refractivity contribution >= 4 is 5.91 Å². The summed E-state index contributed by atoms with van der Waals surface area (Å²) < 4.78 is 0. The molecule has 0 spiro atoms. The molecule has 4 rings (SSSR count). The molecule has 1 N–H and O–H groups in total. The van der Waals surface area contributed by atoms with E-state index in [4.69, 9.17) is 0 Å². The maximum Gasteiger partial charge on any atom is 0.231 e. The Balaban J connectivity index is 1.59. The third-order valence-corrected chi connectivity index (χ3v) is 5.64. The van der Waals surface area contributed by atoms with Crippen LogP contribution in [0.2, 0.25) is 0 Å². The van der Waals surface area contributed by atoms with Crippen LogP contribution in [0.25, 0.3) is 0 Å². The molecule has 0 saturated heterocycles. The minimum atomic E-state index is -0.298. The molecule has 2 heteroatoms. The molecule has 2 aromatic carbocycles. The van der Waals surface area contributed by atoms with Gasteiger partial charge in [0.05, 0.1) is 11.5 Å². The smallest absolute Gasteiger partial charge is 0.231 e. The predicted molar refractivity (Wildman–Crippen MR) is 92.2 cm³/mol. The molecule has 2 aliphatic carbocycles. The zero-order valence-corrected chi connectivity index (χ0v) is 13.4. The number of rotatable bonds is 3. The molecule has 23 heavy (non-hydrogen) atoms. The second-order valence-electron chi connectivity index (χ2n) is 6.92. The summed E-state index contributed by atoms with van der Waals surface area (Å²) >= 11 is 0. The van der Waals surface area contributed by atoms with Crippen LogP contribution in [0.3, 0.4) is 0 Å². The van der Waals surface area contributed by atoms with E-state index in [1.165, 1.54) is 16.7 Å². The SMILES string of the molecule is O=C(N[C@@H]1CCCc2ccccc21)C1(c2ccccc2)CCC1. The largest absolute Gasteiger partial charge is 0.349 e. The summed E-state index contributed by atoms with van der Waals surface area (Å²) in [5.41, 5.74) is 3.59. The molecular formula is C21H23NO. The Bertz CT molecular complexity index is 703. The van der Waals surface area contributed by atoms with E-state index < -0.39 is 0 Å². The highest BCUT2D eigenvalue weighted by Crippen LogP contribution is 2.44. The van der Waals surface area contributed by atoms with Gasteiger partial charge in [0.2, 0.25) is 5.91 Å². The maximum absolute atomic E-state index is 13.1. The zero-order chi connectivity index (χ0) is 15.7. The first kappa shape index (κ1) is 14.5. The summed E-state index contributed by atoms with van der Waals surface area (Å²) in [6, 6.07) is 19.0. The number of carbonyl (C=O) groups excluding carboxylic acids is 1. The Morgan fingerprint density at radius 2 is 1.70 bits per heavy atom. The first-order valence-electron chi connectivity index (χ1n) is 8.74. The van der Waals surface area contributed by atoms with Gasteiger partial charge in [-0.3, -0.25) is 4.79 Å². The van der Waals surface area contributed by atoms with Gasteiger partial charge in [0, 0.05) is 0 Å². The quantitative estimate of drug-likeness (QED) is 0.900. The van der Waals surface area contributed by atoms with Gasteiger partial charge in [0.25, 0.3) is 0 Å². The van der Waals surface area contributed by atoms with Gasteiger partial charge in [0.15, 0.2) is 0 Å². The van der Waals surface area contributed by atoms with E-state index in [0.29, 0.717) is 0 Å². The Morgan fingerprint density at radius 1 is 0.957 bits per heavy atom. The van der Waals surface area contributed by atoms with Crippen molar-refractivity contribution in [1.82, 2.24) is 5.32 Å². The van der Waals surface area contributed by atoms with Crippen molar-refractivity contribution in [1.29, 1.82) is 0 Å². The second kappa shape index (κ2) is 5.84. The van der Waals surface area contributed by atoms with Crippen LogP contribution in [-0.2, 0) is 16.6 Å². The molecule has 1 atom stereocenters. The number of carbonyl (C=O) groups is 1. The molecule has 0 unspecified atom stereocenters. The van der Waals surface area contributed by atoms with E-state index in [-0.39, 0.29) is 17.4 Å². The van der Waals surface area contributed by atoms with Crippen molar-refractivity contribution in [2.75, 3.05) is 0 Å². The molecule has 2 aromatic rings. The van der Waals surface area contributed by atoms with Gasteiger partial charge in [-0.2, -0.15) is 0 Å². The topological polar surface area (TPSA) is 29.1 Å². The fourth-order valence-electron chi connectivity index (χ4n) is 4.13. The number of amides is 1. The molecule has 0 aromatic heterocycles. The minimum absolute atomic E-state index is 0.175. The number of hydrogen-bond acceptors (Lipinski definition) is 1. The second-order valence-corrected chi connectivity index (χ2v) is 6.92. The number of benzene rings is 2. The molecule has 0 bridgehead atoms. The van der Waals surface area contributed by atoms with E-state index in [2.05, 4.69) is 41.7 Å². The third kappa shape index (κ3) is 2.46. The van der Waals surface area contributed by atoms with Crippen molar-refractivity contribution < 1.29 is 4.79 Å². The zero-order valence-electron chi connectivity index (χ0n) is 13.4. The lowest BCUT2D eigenvalue weighted by Gasteiger charge is -2.42. The van der Waals surface area contributed by atoms with Gasteiger partial charge < -0.3 is 5.32 Å². The van der Waals surface area contributed by atoms with Crippen molar-refractivity contribution in [3.05, 3.63) is 71.3 Å². The summed E-state index contributed by atoms with van der Waals surface area (Å²) in [6.45, 7) is 0. The Labute approximate surface area is 137 Å². The van der Waals surface area contributed by atoms with Gasteiger partial charge >= 0.3 is 0 Å². The highest BCUT2D eigenvalue weighted by molar-refractivity contribution is 5.89. The number of fused-ring (bicyclic) bond motifs is 1. The molecule has 0 aliphatic heterocycles. The highest BCUT2D eigenvalue weighted by Gasteiger charge is 2.46. The van der Waals surface area contributed by atoms with E-state index in [0.717, 1.165) is 38.5 Å². The van der Waals surface area contributed by atoms with Gasteiger partial charge in [-0.05, 0) is 48.8 Å². The van der Waals surface area contributed by atoms with Crippen molar-refractivity contribution in [2.45, 2.75) is 50.0 Å². The Kier molecular flexibility index (Phi) is 3.68. The van der Waals surface area contributed by atoms with Crippen LogP contribution in [0.1, 0.15) is 54.8 Å².